The average Bonchev–Trinajstić information content (AvgIpc) is 2.91. The van der Waals surface area contributed by atoms with Crippen LogP contribution in [0.15, 0.2) is 12.1 Å². The summed E-state index contributed by atoms with van der Waals surface area (Å²) in [6, 6.07) is 4.96. The molecule has 1 aliphatic carbocycles. The van der Waals surface area contributed by atoms with Crippen molar-refractivity contribution in [3.05, 3.63) is 21.3 Å². The normalized spacial score (nSPS) is 33.2. The Morgan fingerprint density at radius 2 is 2.31 bits per heavy atom. The van der Waals surface area contributed by atoms with Crippen LogP contribution in [0.4, 0.5) is 0 Å². The first-order valence-electron chi connectivity index (χ1n) is 6.30. The Hall–Kier alpha value is -0.0500. The maximum atomic E-state index is 5.95. The standard InChI is InChI=1S/C13H18ClNS/c14-13-7-5-10(16-13)4-6-12-11-3-1-2-9(11)8-15-12/h5,7,9,11-12,15H,1-4,6,8H2. The van der Waals surface area contributed by atoms with Gasteiger partial charge in [-0.25, -0.2) is 0 Å². The van der Waals surface area contributed by atoms with Crippen molar-refractivity contribution < 1.29 is 0 Å². The largest absolute Gasteiger partial charge is 0.313 e. The van der Waals surface area contributed by atoms with E-state index in [1.807, 2.05) is 6.07 Å². The van der Waals surface area contributed by atoms with Crippen LogP contribution in [0.2, 0.25) is 4.34 Å². The van der Waals surface area contributed by atoms with Crippen molar-refractivity contribution in [3.8, 4) is 0 Å². The molecule has 1 saturated heterocycles. The van der Waals surface area contributed by atoms with Crippen LogP contribution in [0.1, 0.15) is 30.6 Å². The van der Waals surface area contributed by atoms with E-state index in [-0.39, 0.29) is 0 Å². The summed E-state index contributed by atoms with van der Waals surface area (Å²) in [5.74, 6) is 1.95. The van der Waals surface area contributed by atoms with Gasteiger partial charge in [-0.1, -0.05) is 18.0 Å². The van der Waals surface area contributed by atoms with Crippen LogP contribution in [-0.4, -0.2) is 12.6 Å². The molecule has 16 heavy (non-hydrogen) atoms. The lowest BCUT2D eigenvalue weighted by atomic mass is 9.91. The summed E-state index contributed by atoms with van der Waals surface area (Å²) in [5, 5.41) is 3.71. The minimum absolute atomic E-state index is 0.772. The molecule has 2 aliphatic rings. The smallest absolute Gasteiger partial charge is 0.0931 e. The lowest BCUT2D eigenvalue weighted by Gasteiger charge is -2.17. The van der Waals surface area contributed by atoms with Crippen molar-refractivity contribution in [2.75, 3.05) is 6.54 Å². The summed E-state index contributed by atoms with van der Waals surface area (Å²) < 4.78 is 0.924. The molecule has 1 aliphatic heterocycles. The van der Waals surface area contributed by atoms with Gasteiger partial charge >= 0.3 is 0 Å². The topological polar surface area (TPSA) is 12.0 Å². The van der Waals surface area contributed by atoms with Gasteiger partial charge in [-0.15, -0.1) is 11.3 Å². The third-order valence-corrected chi connectivity index (χ3v) is 5.50. The maximum Gasteiger partial charge on any atom is 0.0931 e. The Bertz CT molecular complexity index is 363. The summed E-state index contributed by atoms with van der Waals surface area (Å²) in [5.41, 5.74) is 0. The van der Waals surface area contributed by atoms with Crippen LogP contribution >= 0.6 is 22.9 Å². The Kier molecular flexibility index (Phi) is 3.23. The van der Waals surface area contributed by atoms with Crippen molar-refractivity contribution in [3.63, 3.8) is 0 Å². The highest BCUT2D eigenvalue weighted by Crippen LogP contribution is 2.39. The van der Waals surface area contributed by atoms with E-state index in [9.17, 15) is 0 Å². The zero-order chi connectivity index (χ0) is 11.0. The number of aryl methyl sites for hydroxylation is 1. The van der Waals surface area contributed by atoms with Gasteiger partial charge in [0.05, 0.1) is 4.34 Å². The highest BCUT2D eigenvalue weighted by molar-refractivity contribution is 7.16. The minimum atomic E-state index is 0.772. The van der Waals surface area contributed by atoms with Crippen molar-refractivity contribution >= 4 is 22.9 Å². The molecule has 0 radical (unpaired) electrons. The zero-order valence-corrected chi connectivity index (χ0v) is 11.0. The fourth-order valence-corrected chi connectivity index (χ4v) is 4.51. The number of thiophene rings is 1. The van der Waals surface area contributed by atoms with Gasteiger partial charge in [0.15, 0.2) is 0 Å². The van der Waals surface area contributed by atoms with Crippen LogP contribution in [-0.2, 0) is 6.42 Å². The van der Waals surface area contributed by atoms with E-state index in [2.05, 4.69) is 11.4 Å². The second-order valence-electron chi connectivity index (χ2n) is 5.11. The van der Waals surface area contributed by atoms with Crippen molar-refractivity contribution in [1.82, 2.24) is 5.32 Å². The summed E-state index contributed by atoms with van der Waals surface area (Å²) in [6.45, 7) is 1.26. The number of hydrogen-bond acceptors (Lipinski definition) is 2. The predicted octanol–water partition coefficient (Wildman–Crippen LogP) is 3.72. The monoisotopic (exact) mass is 255 g/mol. The molecular weight excluding hydrogens is 238 g/mol. The van der Waals surface area contributed by atoms with Crippen LogP contribution in [0.3, 0.4) is 0 Å². The molecule has 0 bridgehead atoms. The molecule has 2 fully saturated rings. The second-order valence-corrected chi connectivity index (χ2v) is 6.91. The molecule has 3 atom stereocenters. The number of halogens is 1. The second kappa shape index (κ2) is 4.67. The number of fused-ring (bicyclic) bond motifs is 1. The lowest BCUT2D eigenvalue weighted by Crippen LogP contribution is -2.27. The van der Waals surface area contributed by atoms with Gasteiger partial charge in [0.1, 0.15) is 0 Å². The minimum Gasteiger partial charge on any atom is -0.313 e. The third-order valence-electron chi connectivity index (χ3n) is 4.21. The quantitative estimate of drug-likeness (QED) is 0.868. The van der Waals surface area contributed by atoms with E-state index < -0.39 is 0 Å². The summed E-state index contributed by atoms with van der Waals surface area (Å²) in [7, 11) is 0. The van der Waals surface area contributed by atoms with Crippen LogP contribution < -0.4 is 5.32 Å². The van der Waals surface area contributed by atoms with Crippen LogP contribution in [0, 0.1) is 11.8 Å². The molecule has 88 valence electrons. The van der Waals surface area contributed by atoms with Crippen molar-refractivity contribution in [1.29, 1.82) is 0 Å². The molecule has 2 heterocycles. The van der Waals surface area contributed by atoms with E-state index in [1.165, 1.54) is 43.5 Å². The fourth-order valence-electron chi connectivity index (χ4n) is 3.40. The maximum absolute atomic E-state index is 5.95. The van der Waals surface area contributed by atoms with E-state index >= 15 is 0 Å². The molecule has 0 amide bonds. The van der Waals surface area contributed by atoms with Crippen LogP contribution in [0.25, 0.3) is 0 Å². The number of rotatable bonds is 3. The van der Waals surface area contributed by atoms with E-state index in [0.29, 0.717) is 0 Å². The summed E-state index contributed by atoms with van der Waals surface area (Å²) >= 11 is 7.68. The van der Waals surface area contributed by atoms with E-state index in [1.54, 1.807) is 11.3 Å². The van der Waals surface area contributed by atoms with Gasteiger partial charge in [-0.05, 0) is 56.2 Å². The highest BCUT2D eigenvalue weighted by atomic mass is 35.5. The average molecular weight is 256 g/mol. The van der Waals surface area contributed by atoms with Crippen molar-refractivity contribution in [2.24, 2.45) is 11.8 Å². The molecule has 3 unspecified atom stereocenters. The lowest BCUT2D eigenvalue weighted by molar-refractivity contribution is 0.394. The Labute approximate surface area is 106 Å². The summed E-state index contributed by atoms with van der Waals surface area (Å²) in [4.78, 5) is 1.44. The molecule has 3 heteroatoms. The van der Waals surface area contributed by atoms with Gasteiger partial charge < -0.3 is 5.32 Å². The zero-order valence-electron chi connectivity index (χ0n) is 9.42. The fraction of sp³-hybridized carbons (Fsp3) is 0.692. The Morgan fingerprint density at radius 3 is 3.12 bits per heavy atom. The molecular formula is C13H18ClNS. The summed E-state index contributed by atoms with van der Waals surface area (Å²) in [6.07, 6.45) is 6.85. The molecule has 3 rings (SSSR count). The predicted molar refractivity (Wildman–Crippen MR) is 70.3 cm³/mol. The Balaban J connectivity index is 1.55. The molecule has 1 aromatic rings. The number of nitrogens with one attached hydrogen (secondary N) is 1. The first-order valence-corrected chi connectivity index (χ1v) is 7.50. The molecule has 1 aromatic heterocycles. The van der Waals surface area contributed by atoms with E-state index in [4.69, 9.17) is 11.6 Å². The highest BCUT2D eigenvalue weighted by Gasteiger charge is 2.38. The van der Waals surface area contributed by atoms with Crippen molar-refractivity contribution in [2.45, 2.75) is 38.1 Å². The molecule has 0 aromatic carbocycles. The van der Waals surface area contributed by atoms with Gasteiger partial charge in [0.25, 0.3) is 0 Å². The molecule has 1 nitrogen and oxygen atoms in total. The van der Waals surface area contributed by atoms with Gasteiger partial charge in [0, 0.05) is 10.9 Å². The number of hydrogen-bond donors (Lipinski definition) is 1. The van der Waals surface area contributed by atoms with E-state index in [0.717, 1.165) is 22.2 Å². The molecule has 1 saturated carbocycles. The first-order chi connectivity index (χ1) is 7.83. The van der Waals surface area contributed by atoms with Gasteiger partial charge in [-0.2, -0.15) is 0 Å². The SMILES string of the molecule is Clc1ccc(CCC2NCC3CCCC32)s1. The first kappa shape index (κ1) is 11.1. The molecule has 0 spiro atoms. The van der Waals surface area contributed by atoms with Gasteiger partial charge in [-0.3, -0.25) is 0 Å². The third kappa shape index (κ3) is 2.15. The van der Waals surface area contributed by atoms with Crippen LogP contribution in [0.5, 0.6) is 0 Å². The Morgan fingerprint density at radius 1 is 1.38 bits per heavy atom. The molecule has 1 N–H and O–H groups in total. The van der Waals surface area contributed by atoms with Gasteiger partial charge in [0.2, 0.25) is 0 Å².